The summed E-state index contributed by atoms with van der Waals surface area (Å²) in [6.45, 7) is 10.4. The van der Waals surface area contributed by atoms with Crippen molar-refractivity contribution in [3.05, 3.63) is 65.8 Å². The van der Waals surface area contributed by atoms with E-state index in [0.717, 1.165) is 5.56 Å². The highest BCUT2D eigenvalue weighted by Crippen LogP contribution is 2.24. The lowest BCUT2D eigenvalue weighted by atomic mass is 9.93. The summed E-state index contributed by atoms with van der Waals surface area (Å²) in [6, 6.07) is 6.25. The number of carbonyl (C=O) groups excluding carboxylic acids is 2. The Kier molecular flexibility index (Phi) is 10.9. The van der Waals surface area contributed by atoms with Crippen molar-refractivity contribution in [1.29, 1.82) is 0 Å². The molecule has 0 saturated heterocycles. The highest BCUT2D eigenvalue weighted by Gasteiger charge is 2.26. The lowest BCUT2D eigenvalue weighted by Crippen LogP contribution is -2.21. The number of ether oxygens (including phenoxy) is 1. The number of hydrogen-bond donors (Lipinski definition) is 2. The molecule has 1 unspecified atom stereocenters. The van der Waals surface area contributed by atoms with Gasteiger partial charge in [0.1, 0.15) is 0 Å². The Morgan fingerprint density at radius 2 is 1.73 bits per heavy atom. The van der Waals surface area contributed by atoms with E-state index in [1.165, 1.54) is 18.2 Å². The molecule has 9 heteroatoms. The molecular weight excluding hydrogens is 448 g/mol. The van der Waals surface area contributed by atoms with Gasteiger partial charge in [-0.3, -0.25) is 0 Å². The van der Waals surface area contributed by atoms with Gasteiger partial charge >= 0.3 is 17.9 Å². The summed E-state index contributed by atoms with van der Waals surface area (Å²) in [5.74, 6) is -4.71. The number of hydrogen-bond acceptors (Lipinski definition) is 7. The molecule has 0 aliphatic heterocycles. The molecule has 33 heavy (non-hydrogen) atoms. The molecule has 2 N–H and O–H groups in total. The summed E-state index contributed by atoms with van der Waals surface area (Å²) in [6.07, 6.45) is 1.49. The van der Waals surface area contributed by atoms with Gasteiger partial charge in [-0.05, 0) is 44.7 Å². The van der Waals surface area contributed by atoms with E-state index in [-0.39, 0.29) is 53.9 Å². The molecule has 1 aromatic carbocycles. The van der Waals surface area contributed by atoms with Crippen LogP contribution in [0.3, 0.4) is 0 Å². The molecule has 0 aliphatic rings. The van der Waals surface area contributed by atoms with Crippen molar-refractivity contribution in [3.63, 3.8) is 0 Å². The van der Waals surface area contributed by atoms with Crippen LogP contribution in [0.1, 0.15) is 38.2 Å². The van der Waals surface area contributed by atoms with Crippen LogP contribution in [0.15, 0.2) is 65.1 Å². The fourth-order valence-electron chi connectivity index (χ4n) is 2.80. The van der Waals surface area contributed by atoms with Crippen LogP contribution in [0.2, 0.25) is 0 Å². The van der Waals surface area contributed by atoms with Crippen molar-refractivity contribution in [3.8, 4) is 0 Å². The predicted molar refractivity (Wildman–Crippen MR) is 123 cm³/mol. The van der Waals surface area contributed by atoms with Crippen molar-refractivity contribution in [2.24, 2.45) is 5.92 Å². The number of rotatable bonds is 13. The topological polar surface area (TPSA) is 135 Å². The molecule has 1 aromatic rings. The minimum absolute atomic E-state index is 0.000937. The van der Waals surface area contributed by atoms with Gasteiger partial charge in [0.05, 0.1) is 10.6 Å². The second kappa shape index (κ2) is 12.9. The molecule has 0 heterocycles. The normalized spacial score (nSPS) is 12.6. The zero-order chi connectivity index (χ0) is 25.2. The van der Waals surface area contributed by atoms with Gasteiger partial charge in [-0.2, -0.15) is 0 Å². The summed E-state index contributed by atoms with van der Waals surface area (Å²) >= 11 is 0. The molecule has 1 rings (SSSR count). The van der Waals surface area contributed by atoms with E-state index in [4.69, 9.17) is 9.84 Å². The number of benzene rings is 1. The Bertz CT molecular complexity index is 1030. The van der Waals surface area contributed by atoms with Gasteiger partial charge in [-0.15, -0.1) is 0 Å². The van der Waals surface area contributed by atoms with E-state index in [9.17, 15) is 27.9 Å². The van der Waals surface area contributed by atoms with E-state index in [1.807, 2.05) is 6.92 Å². The summed E-state index contributed by atoms with van der Waals surface area (Å²) in [4.78, 5) is 36.1. The standard InChI is InChI=1S/C24H30O8S/c1-5-17(3)23(28)32-24(29)18(4)19(15-20(22(26)27)7-6-13-25)12-14-33(30,31)21-10-8-16(2)9-11-21/h8-11,15,19,25H,3-7,12-14H2,1-2H3,(H,26,27). The van der Waals surface area contributed by atoms with Crippen LogP contribution in [0.4, 0.5) is 0 Å². The van der Waals surface area contributed by atoms with E-state index < -0.39 is 39.4 Å². The predicted octanol–water partition coefficient (Wildman–Crippen LogP) is 3.15. The number of aliphatic hydroxyl groups is 1. The number of carboxylic acid groups (broad SMARTS) is 1. The lowest BCUT2D eigenvalue weighted by Gasteiger charge is -2.17. The fourth-order valence-corrected chi connectivity index (χ4v) is 4.15. The summed E-state index contributed by atoms with van der Waals surface area (Å²) in [5.41, 5.74) is 0.590. The quantitative estimate of drug-likeness (QED) is 0.251. The number of aliphatic carboxylic acids is 1. The molecule has 0 amide bonds. The molecule has 1 atom stereocenters. The number of carbonyl (C=O) groups is 3. The van der Waals surface area contributed by atoms with Crippen molar-refractivity contribution in [2.45, 2.75) is 44.4 Å². The lowest BCUT2D eigenvalue weighted by molar-refractivity contribution is -0.154. The molecule has 0 aromatic heterocycles. The van der Waals surface area contributed by atoms with Crippen LogP contribution in [0.25, 0.3) is 0 Å². The molecule has 0 radical (unpaired) electrons. The first-order valence-electron chi connectivity index (χ1n) is 10.4. The van der Waals surface area contributed by atoms with Crippen LogP contribution < -0.4 is 0 Å². The monoisotopic (exact) mass is 478 g/mol. The smallest absolute Gasteiger partial charge is 0.341 e. The van der Waals surface area contributed by atoms with Crippen molar-refractivity contribution >= 4 is 27.7 Å². The van der Waals surface area contributed by atoms with Crippen molar-refractivity contribution < 1.29 is 37.8 Å². The molecule has 0 saturated carbocycles. The Morgan fingerprint density at radius 3 is 2.24 bits per heavy atom. The van der Waals surface area contributed by atoms with Gasteiger partial charge < -0.3 is 14.9 Å². The van der Waals surface area contributed by atoms with Crippen LogP contribution in [0, 0.1) is 12.8 Å². The number of sulfone groups is 1. The Hall–Kier alpha value is -3.04. The maximum absolute atomic E-state index is 12.8. The third-order valence-electron chi connectivity index (χ3n) is 4.97. The van der Waals surface area contributed by atoms with Crippen LogP contribution >= 0.6 is 0 Å². The third kappa shape index (κ3) is 8.78. The molecule has 0 bridgehead atoms. The Labute approximate surface area is 194 Å². The second-order valence-electron chi connectivity index (χ2n) is 7.51. The van der Waals surface area contributed by atoms with E-state index >= 15 is 0 Å². The molecule has 180 valence electrons. The molecule has 0 spiro atoms. The molecule has 0 aliphatic carbocycles. The Morgan fingerprint density at radius 1 is 1.12 bits per heavy atom. The second-order valence-corrected chi connectivity index (χ2v) is 9.62. The largest absolute Gasteiger partial charge is 0.478 e. The zero-order valence-corrected chi connectivity index (χ0v) is 19.7. The zero-order valence-electron chi connectivity index (χ0n) is 18.9. The minimum atomic E-state index is -3.74. The first kappa shape index (κ1) is 28.0. The maximum atomic E-state index is 12.8. The maximum Gasteiger partial charge on any atom is 0.341 e. The molecule has 8 nitrogen and oxygen atoms in total. The van der Waals surface area contributed by atoms with Gasteiger partial charge in [0.2, 0.25) is 0 Å². The average molecular weight is 479 g/mol. The third-order valence-corrected chi connectivity index (χ3v) is 6.73. The number of esters is 2. The van der Waals surface area contributed by atoms with Crippen molar-refractivity contribution in [2.75, 3.05) is 12.4 Å². The summed E-state index contributed by atoms with van der Waals surface area (Å²) in [5, 5.41) is 18.5. The average Bonchev–Trinajstić information content (AvgIpc) is 2.77. The van der Waals surface area contributed by atoms with Crippen molar-refractivity contribution in [1.82, 2.24) is 0 Å². The highest BCUT2D eigenvalue weighted by molar-refractivity contribution is 7.91. The highest BCUT2D eigenvalue weighted by atomic mass is 32.2. The molecular formula is C24H30O8S. The van der Waals surface area contributed by atoms with Crippen LogP contribution in [-0.2, 0) is 29.0 Å². The number of aliphatic hydroxyl groups excluding tert-OH is 1. The molecule has 0 fully saturated rings. The van der Waals surface area contributed by atoms with Gasteiger partial charge in [-0.25, -0.2) is 22.8 Å². The van der Waals surface area contributed by atoms with Gasteiger partial charge in [0.15, 0.2) is 9.84 Å². The Balaban J connectivity index is 3.20. The number of aryl methyl sites for hydroxylation is 1. The van der Waals surface area contributed by atoms with E-state index in [1.54, 1.807) is 19.1 Å². The number of allylic oxidation sites excluding steroid dienone is 1. The summed E-state index contributed by atoms with van der Waals surface area (Å²) in [7, 11) is -3.74. The van der Waals surface area contributed by atoms with E-state index in [0.29, 0.717) is 0 Å². The van der Waals surface area contributed by atoms with Crippen LogP contribution in [0.5, 0.6) is 0 Å². The van der Waals surface area contributed by atoms with Gasteiger partial charge in [0, 0.05) is 29.2 Å². The van der Waals surface area contributed by atoms with Gasteiger partial charge in [-0.1, -0.05) is 43.9 Å². The SMILES string of the molecule is C=C(CC)C(=O)OC(=O)C(=C)C(C=C(CCCO)C(=O)O)CCS(=O)(=O)c1ccc(C)cc1. The fraction of sp³-hybridized carbons (Fsp3) is 0.375. The summed E-state index contributed by atoms with van der Waals surface area (Å²) < 4.78 is 30.3. The first-order valence-corrected chi connectivity index (χ1v) is 12.1. The number of carboxylic acids is 1. The van der Waals surface area contributed by atoms with E-state index in [2.05, 4.69) is 13.2 Å². The van der Waals surface area contributed by atoms with Crippen LogP contribution in [-0.4, -0.2) is 48.9 Å². The first-order chi connectivity index (χ1) is 15.4. The van der Waals surface area contributed by atoms with Gasteiger partial charge in [0.25, 0.3) is 0 Å². The minimum Gasteiger partial charge on any atom is -0.478 e.